The van der Waals surface area contributed by atoms with Gasteiger partial charge in [0, 0.05) is 38.0 Å². The SMILES string of the molecule is CCOC(=O)CCCCCCC(=O)c1ccc(CN2CC=CC2)cc1. The maximum atomic E-state index is 12.2. The van der Waals surface area contributed by atoms with E-state index in [-0.39, 0.29) is 11.8 Å². The van der Waals surface area contributed by atoms with Crippen molar-refractivity contribution in [1.29, 1.82) is 0 Å². The summed E-state index contributed by atoms with van der Waals surface area (Å²) in [4.78, 5) is 25.8. The van der Waals surface area contributed by atoms with Crippen molar-refractivity contribution in [1.82, 2.24) is 4.90 Å². The quantitative estimate of drug-likeness (QED) is 0.262. The van der Waals surface area contributed by atoms with Crippen LogP contribution in [0.2, 0.25) is 0 Å². The van der Waals surface area contributed by atoms with Gasteiger partial charge in [0.1, 0.15) is 0 Å². The Morgan fingerprint density at radius 1 is 0.960 bits per heavy atom. The number of carbonyl (C=O) groups excluding carboxylic acids is 2. The molecule has 0 N–H and O–H groups in total. The lowest BCUT2D eigenvalue weighted by Crippen LogP contribution is -2.19. The second-order valence-electron chi connectivity index (χ2n) is 6.50. The van der Waals surface area contributed by atoms with Crippen molar-refractivity contribution in [3.05, 3.63) is 47.5 Å². The van der Waals surface area contributed by atoms with E-state index in [0.717, 1.165) is 50.9 Å². The smallest absolute Gasteiger partial charge is 0.305 e. The summed E-state index contributed by atoms with van der Waals surface area (Å²) in [6, 6.07) is 8.01. The van der Waals surface area contributed by atoms with Gasteiger partial charge >= 0.3 is 5.97 Å². The molecule has 4 nitrogen and oxygen atoms in total. The van der Waals surface area contributed by atoms with Crippen molar-refractivity contribution in [3.63, 3.8) is 0 Å². The predicted molar refractivity (Wildman–Crippen MR) is 99.5 cm³/mol. The second kappa shape index (κ2) is 10.8. The van der Waals surface area contributed by atoms with Gasteiger partial charge in [-0.1, -0.05) is 49.3 Å². The molecule has 2 rings (SSSR count). The molecular weight excluding hydrogens is 314 g/mol. The number of carbonyl (C=O) groups is 2. The fraction of sp³-hybridized carbons (Fsp3) is 0.524. The first-order valence-corrected chi connectivity index (χ1v) is 9.34. The molecule has 0 amide bonds. The minimum Gasteiger partial charge on any atom is -0.466 e. The van der Waals surface area contributed by atoms with Gasteiger partial charge in [0.15, 0.2) is 5.78 Å². The van der Waals surface area contributed by atoms with E-state index in [2.05, 4.69) is 29.2 Å². The van der Waals surface area contributed by atoms with Crippen molar-refractivity contribution in [2.45, 2.75) is 52.0 Å². The molecule has 0 radical (unpaired) electrons. The van der Waals surface area contributed by atoms with E-state index in [1.165, 1.54) is 5.56 Å². The average molecular weight is 343 g/mol. The van der Waals surface area contributed by atoms with Gasteiger partial charge in [0.05, 0.1) is 6.61 Å². The fourth-order valence-corrected chi connectivity index (χ4v) is 2.99. The molecule has 1 aromatic rings. The lowest BCUT2D eigenvalue weighted by molar-refractivity contribution is -0.143. The molecule has 1 aliphatic rings. The molecule has 1 aromatic carbocycles. The summed E-state index contributed by atoms with van der Waals surface area (Å²) in [7, 11) is 0. The summed E-state index contributed by atoms with van der Waals surface area (Å²) in [6.07, 6.45) is 9.09. The van der Waals surface area contributed by atoms with E-state index in [9.17, 15) is 9.59 Å². The Morgan fingerprint density at radius 2 is 1.60 bits per heavy atom. The van der Waals surface area contributed by atoms with Gasteiger partial charge in [-0.05, 0) is 25.3 Å². The minimum atomic E-state index is -0.122. The van der Waals surface area contributed by atoms with Gasteiger partial charge in [-0.3, -0.25) is 14.5 Å². The molecule has 4 heteroatoms. The molecular formula is C21H29NO3. The van der Waals surface area contributed by atoms with E-state index < -0.39 is 0 Å². The first-order valence-electron chi connectivity index (χ1n) is 9.34. The summed E-state index contributed by atoms with van der Waals surface area (Å²) in [6.45, 7) is 5.22. The van der Waals surface area contributed by atoms with Crippen molar-refractivity contribution in [3.8, 4) is 0 Å². The van der Waals surface area contributed by atoms with Gasteiger partial charge in [-0.15, -0.1) is 0 Å². The van der Waals surface area contributed by atoms with Crippen molar-refractivity contribution in [2.75, 3.05) is 19.7 Å². The van der Waals surface area contributed by atoms with Crippen LogP contribution in [0.4, 0.5) is 0 Å². The fourth-order valence-electron chi connectivity index (χ4n) is 2.99. The summed E-state index contributed by atoms with van der Waals surface area (Å²) in [5.74, 6) is 0.0863. The van der Waals surface area contributed by atoms with Crippen LogP contribution in [-0.2, 0) is 16.1 Å². The van der Waals surface area contributed by atoms with Crippen LogP contribution in [0.3, 0.4) is 0 Å². The van der Waals surface area contributed by atoms with Crippen molar-refractivity contribution in [2.24, 2.45) is 0 Å². The molecule has 1 heterocycles. The number of ether oxygens (including phenoxy) is 1. The maximum Gasteiger partial charge on any atom is 0.305 e. The predicted octanol–water partition coefficient (Wildman–Crippen LogP) is 4.14. The highest BCUT2D eigenvalue weighted by Gasteiger charge is 2.09. The lowest BCUT2D eigenvalue weighted by Gasteiger charge is -2.14. The van der Waals surface area contributed by atoms with Crippen LogP contribution in [-0.4, -0.2) is 36.3 Å². The highest BCUT2D eigenvalue weighted by atomic mass is 16.5. The summed E-state index contributed by atoms with van der Waals surface area (Å²) >= 11 is 0. The maximum absolute atomic E-state index is 12.2. The number of Topliss-reactive ketones (excluding diaryl/α,β-unsaturated/α-hetero) is 1. The standard InChI is InChI=1S/C21H29NO3/c1-2-25-21(24)10-6-4-3-5-9-20(23)19-13-11-18(12-14-19)17-22-15-7-8-16-22/h7-8,11-14H,2-6,9-10,15-17H2,1H3. The molecule has 0 unspecified atom stereocenters. The van der Waals surface area contributed by atoms with E-state index >= 15 is 0 Å². The van der Waals surface area contributed by atoms with E-state index in [1.54, 1.807) is 0 Å². The third kappa shape index (κ3) is 7.22. The van der Waals surface area contributed by atoms with E-state index in [1.807, 2.05) is 19.1 Å². The molecule has 136 valence electrons. The van der Waals surface area contributed by atoms with Crippen LogP contribution in [0, 0.1) is 0 Å². The number of rotatable bonds is 11. The number of nitrogens with zero attached hydrogens (tertiary/aromatic N) is 1. The normalized spacial score (nSPS) is 14.0. The van der Waals surface area contributed by atoms with E-state index in [0.29, 0.717) is 19.4 Å². The minimum absolute atomic E-state index is 0.122. The number of benzene rings is 1. The number of hydrogen-bond acceptors (Lipinski definition) is 4. The zero-order chi connectivity index (χ0) is 17.9. The molecule has 0 spiro atoms. The monoisotopic (exact) mass is 343 g/mol. The Bertz CT molecular complexity index is 569. The lowest BCUT2D eigenvalue weighted by atomic mass is 10.0. The number of ketones is 1. The largest absolute Gasteiger partial charge is 0.466 e. The molecule has 0 bridgehead atoms. The highest BCUT2D eigenvalue weighted by molar-refractivity contribution is 5.96. The Balaban J connectivity index is 1.61. The molecule has 0 atom stereocenters. The van der Waals surface area contributed by atoms with Crippen LogP contribution >= 0.6 is 0 Å². The van der Waals surface area contributed by atoms with Crippen LogP contribution in [0.15, 0.2) is 36.4 Å². The van der Waals surface area contributed by atoms with Crippen LogP contribution in [0.25, 0.3) is 0 Å². The summed E-state index contributed by atoms with van der Waals surface area (Å²) in [5.41, 5.74) is 2.05. The molecule has 0 aromatic heterocycles. The highest BCUT2D eigenvalue weighted by Crippen LogP contribution is 2.13. The zero-order valence-corrected chi connectivity index (χ0v) is 15.2. The second-order valence-corrected chi connectivity index (χ2v) is 6.50. The number of esters is 1. The van der Waals surface area contributed by atoms with Crippen LogP contribution in [0.1, 0.15) is 61.4 Å². The summed E-state index contributed by atoms with van der Waals surface area (Å²) < 4.78 is 4.90. The van der Waals surface area contributed by atoms with Gasteiger partial charge in [0.25, 0.3) is 0 Å². The molecule has 25 heavy (non-hydrogen) atoms. The number of unbranched alkanes of at least 4 members (excludes halogenated alkanes) is 3. The van der Waals surface area contributed by atoms with Crippen molar-refractivity contribution < 1.29 is 14.3 Å². The van der Waals surface area contributed by atoms with Gasteiger partial charge < -0.3 is 4.74 Å². The molecule has 0 fully saturated rings. The molecule has 0 aliphatic carbocycles. The van der Waals surface area contributed by atoms with Crippen LogP contribution < -0.4 is 0 Å². The topological polar surface area (TPSA) is 46.6 Å². The van der Waals surface area contributed by atoms with Crippen LogP contribution in [0.5, 0.6) is 0 Å². The first-order chi connectivity index (χ1) is 12.2. The first kappa shape index (κ1) is 19.4. The Labute approximate surface area is 150 Å². The Morgan fingerprint density at radius 3 is 2.24 bits per heavy atom. The third-order valence-corrected chi connectivity index (χ3v) is 4.42. The zero-order valence-electron chi connectivity index (χ0n) is 15.2. The third-order valence-electron chi connectivity index (χ3n) is 4.42. The van der Waals surface area contributed by atoms with E-state index in [4.69, 9.17) is 4.74 Å². The Hall–Kier alpha value is -1.94. The van der Waals surface area contributed by atoms with Gasteiger partial charge in [-0.25, -0.2) is 0 Å². The van der Waals surface area contributed by atoms with Gasteiger partial charge in [-0.2, -0.15) is 0 Å². The van der Waals surface area contributed by atoms with Gasteiger partial charge in [0.2, 0.25) is 0 Å². The Kier molecular flexibility index (Phi) is 8.40. The molecule has 0 saturated carbocycles. The average Bonchev–Trinajstić information content (AvgIpc) is 3.11. The summed E-state index contributed by atoms with van der Waals surface area (Å²) in [5, 5.41) is 0. The number of hydrogen-bond donors (Lipinski definition) is 0. The van der Waals surface area contributed by atoms with Crippen molar-refractivity contribution >= 4 is 11.8 Å². The molecule has 0 saturated heterocycles. The molecule has 1 aliphatic heterocycles.